The Morgan fingerprint density at radius 1 is 1.53 bits per heavy atom. The molecule has 2 N–H and O–H groups in total. The third kappa shape index (κ3) is 2.15. The first kappa shape index (κ1) is 11.6. The molecule has 0 spiro atoms. The molecule has 1 heterocycles. The predicted molar refractivity (Wildman–Crippen MR) is 65.1 cm³/mol. The Bertz CT molecular complexity index is 568. The summed E-state index contributed by atoms with van der Waals surface area (Å²) in [5.41, 5.74) is 8.55. The Labute approximate surface area is 100 Å². The molecule has 4 heteroatoms. The average molecular weight is 229 g/mol. The number of hydrogen-bond donors (Lipinski definition) is 1. The number of rotatable bonds is 3. The molecule has 0 aliphatic rings. The number of nitrogens with zero attached hydrogens (tertiary/aromatic N) is 2. The van der Waals surface area contributed by atoms with Gasteiger partial charge >= 0.3 is 0 Å². The van der Waals surface area contributed by atoms with Crippen molar-refractivity contribution < 1.29 is 4.42 Å². The van der Waals surface area contributed by atoms with Crippen LogP contribution in [0.1, 0.15) is 30.8 Å². The van der Waals surface area contributed by atoms with Crippen molar-refractivity contribution in [3.05, 3.63) is 29.7 Å². The molecule has 1 aromatic heterocycles. The SMILES string of the molecule is CCC(C#N)C(N)c1ccc2oc(C)nc2c1. The highest BCUT2D eigenvalue weighted by molar-refractivity contribution is 5.73. The zero-order chi connectivity index (χ0) is 12.4. The van der Waals surface area contributed by atoms with Crippen LogP contribution in [0.15, 0.2) is 22.6 Å². The van der Waals surface area contributed by atoms with Crippen molar-refractivity contribution in [2.24, 2.45) is 11.7 Å². The first-order valence-corrected chi connectivity index (χ1v) is 5.68. The van der Waals surface area contributed by atoms with Crippen LogP contribution in [0.5, 0.6) is 0 Å². The van der Waals surface area contributed by atoms with Crippen LogP contribution >= 0.6 is 0 Å². The van der Waals surface area contributed by atoms with Crippen molar-refractivity contribution in [1.29, 1.82) is 5.26 Å². The second-order valence-electron chi connectivity index (χ2n) is 4.13. The van der Waals surface area contributed by atoms with E-state index in [1.807, 2.05) is 32.0 Å². The molecular weight excluding hydrogens is 214 g/mol. The van der Waals surface area contributed by atoms with E-state index in [9.17, 15) is 0 Å². The molecule has 0 amide bonds. The smallest absolute Gasteiger partial charge is 0.192 e. The number of aryl methyl sites for hydroxylation is 1. The van der Waals surface area contributed by atoms with Gasteiger partial charge < -0.3 is 10.2 Å². The van der Waals surface area contributed by atoms with Crippen LogP contribution in [0, 0.1) is 24.2 Å². The van der Waals surface area contributed by atoms with E-state index in [-0.39, 0.29) is 12.0 Å². The van der Waals surface area contributed by atoms with E-state index in [0.29, 0.717) is 5.89 Å². The normalized spacial score (nSPS) is 14.5. The average Bonchev–Trinajstić information content (AvgIpc) is 2.69. The number of oxazole rings is 1. The van der Waals surface area contributed by atoms with E-state index < -0.39 is 0 Å². The lowest BCUT2D eigenvalue weighted by atomic mass is 9.93. The monoisotopic (exact) mass is 229 g/mol. The summed E-state index contributed by atoms with van der Waals surface area (Å²) in [5.74, 6) is 0.471. The van der Waals surface area contributed by atoms with Crippen molar-refractivity contribution >= 4 is 11.1 Å². The second-order valence-corrected chi connectivity index (χ2v) is 4.13. The number of hydrogen-bond acceptors (Lipinski definition) is 4. The Kier molecular flexibility index (Phi) is 3.12. The summed E-state index contributed by atoms with van der Waals surface area (Å²) in [6.07, 6.45) is 0.744. The fourth-order valence-corrected chi connectivity index (χ4v) is 1.92. The highest BCUT2D eigenvalue weighted by Gasteiger charge is 2.18. The summed E-state index contributed by atoms with van der Waals surface area (Å²) in [6.45, 7) is 3.77. The lowest BCUT2D eigenvalue weighted by Crippen LogP contribution is -2.19. The van der Waals surface area contributed by atoms with Crippen molar-refractivity contribution in [3.63, 3.8) is 0 Å². The van der Waals surface area contributed by atoms with Gasteiger partial charge in [-0.2, -0.15) is 5.26 Å². The minimum atomic E-state index is -0.272. The molecule has 0 saturated heterocycles. The van der Waals surface area contributed by atoms with Crippen molar-refractivity contribution in [1.82, 2.24) is 4.98 Å². The summed E-state index contributed by atoms with van der Waals surface area (Å²) < 4.78 is 5.40. The lowest BCUT2D eigenvalue weighted by Gasteiger charge is -2.16. The van der Waals surface area contributed by atoms with Crippen LogP contribution in [-0.2, 0) is 0 Å². The van der Waals surface area contributed by atoms with Crippen molar-refractivity contribution in [2.45, 2.75) is 26.3 Å². The standard InChI is InChI=1S/C13H15N3O/c1-3-9(7-14)13(15)10-4-5-12-11(6-10)16-8(2)17-12/h4-6,9,13H,3,15H2,1-2H3. The van der Waals surface area contributed by atoms with Gasteiger partial charge in [0.2, 0.25) is 0 Å². The predicted octanol–water partition coefficient (Wildman–Crippen LogP) is 2.69. The van der Waals surface area contributed by atoms with Gasteiger partial charge in [0, 0.05) is 13.0 Å². The van der Waals surface area contributed by atoms with E-state index in [1.165, 1.54) is 0 Å². The Morgan fingerprint density at radius 2 is 2.29 bits per heavy atom. The number of benzene rings is 1. The number of fused-ring (bicyclic) bond motifs is 1. The van der Waals surface area contributed by atoms with Crippen LogP contribution < -0.4 is 5.73 Å². The molecule has 2 atom stereocenters. The van der Waals surface area contributed by atoms with Gasteiger partial charge in [0.25, 0.3) is 0 Å². The highest BCUT2D eigenvalue weighted by Crippen LogP contribution is 2.25. The van der Waals surface area contributed by atoms with Crippen LogP contribution in [0.4, 0.5) is 0 Å². The molecular formula is C13H15N3O. The summed E-state index contributed by atoms with van der Waals surface area (Å²) in [4.78, 5) is 4.26. The Balaban J connectivity index is 2.39. The van der Waals surface area contributed by atoms with Crippen LogP contribution in [0.2, 0.25) is 0 Å². The minimum Gasteiger partial charge on any atom is -0.441 e. The molecule has 0 aliphatic heterocycles. The van der Waals surface area contributed by atoms with Gasteiger partial charge in [-0.25, -0.2) is 4.98 Å². The largest absolute Gasteiger partial charge is 0.441 e. The maximum absolute atomic E-state index is 9.01. The Hall–Kier alpha value is -1.86. The summed E-state index contributed by atoms with van der Waals surface area (Å²) in [6, 6.07) is 7.62. The topological polar surface area (TPSA) is 75.8 Å². The highest BCUT2D eigenvalue weighted by atomic mass is 16.3. The van der Waals surface area contributed by atoms with Gasteiger partial charge in [0.15, 0.2) is 11.5 Å². The van der Waals surface area contributed by atoms with Gasteiger partial charge in [-0.1, -0.05) is 13.0 Å². The third-order valence-corrected chi connectivity index (χ3v) is 2.94. The number of nitriles is 1. The van der Waals surface area contributed by atoms with E-state index in [1.54, 1.807) is 0 Å². The maximum Gasteiger partial charge on any atom is 0.192 e. The van der Waals surface area contributed by atoms with Crippen LogP contribution in [0.3, 0.4) is 0 Å². The molecule has 1 aromatic carbocycles. The van der Waals surface area contributed by atoms with E-state index in [2.05, 4.69) is 11.1 Å². The van der Waals surface area contributed by atoms with Gasteiger partial charge in [0.05, 0.1) is 12.0 Å². The number of aromatic nitrogens is 1. The molecule has 17 heavy (non-hydrogen) atoms. The first-order chi connectivity index (χ1) is 8.15. The van der Waals surface area contributed by atoms with Gasteiger partial charge in [-0.05, 0) is 24.1 Å². The zero-order valence-corrected chi connectivity index (χ0v) is 9.97. The van der Waals surface area contributed by atoms with Gasteiger partial charge in [0.1, 0.15) is 5.52 Å². The van der Waals surface area contributed by atoms with Crippen LogP contribution in [0.25, 0.3) is 11.1 Å². The van der Waals surface area contributed by atoms with Gasteiger partial charge in [-0.15, -0.1) is 0 Å². The molecule has 0 radical (unpaired) electrons. The van der Waals surface area contributed by atoms with E-state index >= 15 is 0 Å². The molecule has 2 unspecified atom stereocenters. The molecule has 4 nitrogen and oxygen atoms in total. The molecule has 0 aliphatic carbocycles. The fourth-order valence-electron chi connectivity index (χ4n) is 1.92. The van der Waals surface area contributed by atoms with Crippen molar-refractivity contribution in [3.8, 4) is 6.07 Å². The van der Waals surface area contributed by atoms with Crippen molar-refractivity contribution in [2.75, 3.05) is 0 Å². The molecule has 0 bridgehead atoms. The van der Waals surface area contributed by atoms with E-state index in [4.69, 9.17) is 15.4 Å². The maximum atomic E-state index is 9.01. The number of nitrogens with two attached hydrogens (primary N) is 1. The summed E-state index contributed by atoms with van der Waals surface area (Å²) in [5, 5.41) is 9.01. The molecule has 88 valence electrons. The summed E-state index contributed by atoms with van der Waals surface area (Å²) in [7, 11) is 0. The van der Waals surface area contributed by atoms with Gasteiger partial charge in [-0.3, -0.25) is 0 Å². The molecule has 2 aromatic rings. The third-order valence-electron chi connectivity index (χ3n) is 2.94. The summed E-state index contributed by atoms with van der Waals surface area (Å²) >= 11 is 0. The second kappa shape index (κ2) is 4.56. The zero-order valence-electron chi connectivity index (χ0n) is 9.97. The first-order valence-electron chi connectivity index (χ1n) is 5.68. The molecule has 2 rings (SSSR count). The van der Waals surface area contributed by atoms with Crippen LogP contribution in [-0.4, -0.2) is 4.98 Å². The minimum absolute atomic E-state index is 0.166. The quantitative estimate of drug-likeness (QED) is 0.877. The van der Waals surface area contributed by atoms with E-state index in [0.717, 1.165) is 23.1 Å². The fraction of sp³-hybridized carbons (Fsp3) is 0.385. The molecule has 0 saturated carbocycles. The molecule has 0 fully saturated rings. The lowest BCUT2D eigenvalue weighted by molar-refractivity contribution is 0.518. The Morgan fingerprint density at radius 3 is 2.94 bits per heavy atom.